The van der Waals surface area contributed by atoms with Crippen molar-refractivity contribution in [3.05, 3.63) is 95.3 Å². The van der Waals surface area contributed by atoms with E-state index in [9.17, 15) is 27.2 Å². The summed E-state index contributed by atoms with van der Waals surface area (Å²) in [6.07, 6.45) is -4.78. The van der Waals surface area contributed by atoms with Crippen LogP contribution < -0.4 is 15.8 Å². The maximum Gasteiger partial charge on any atom is 0.420 e. The molecule has 9 heteroatoms. The van der Waals surface area contributed by atoms with Gasteiger partial charge in [0.15, 0.2) is 5.75 Å². The minimum Gasteiger partial charge on any atom is -0.425 e. The third-order valence-corrected chi connectivity index (χ3v) is 4.03. The number of esters is 1. The van der Waals surface area contributed by atoms with Crippen LogP contribution in [0.4, 0.5) is 23.2 Å². The van der Waals surface area contributed by atoms with Crippen LogP contribution in [0, 0.1) is 5.82 Å². The lowest BCUT2D eigenvalue weighted by Crippen LogP contribution is -2.19. The highest BCUT2D eigenvalue weighted by atomic mass is 19.4. The van der Waals surface area contributed by atoms with Crippen LogP contribution in [0.15, 0.2) is 72.8 Å². The van der Waals surface area contributed by atoms with Crippen molar-refractivity contribution in [1.82, 2.24) is 0 Å². The topological polar surface area (TPSA) is 81.4 Å². The number of nitrogens with two attached hydrogens (primary N) is 1. The maximum absolute atomic E-state index is 13.1. The molecule has 0 saturated heterocycles. The first-order chi connectivity index (χ1) is 15.1. The number of rotatable bonds is 4. The van der Waals surface area contributed by atoms with Crippen molar-refractivity contribution >= 4 is 17.6 Å². The van der Waals surface area contributed by atoms with Crippen LogP contribution in [0.1, 0.15) is 28.4 Å². The van der Waals surface area contributed by atoms with Crippen molar-refractivity contribution in [2.75, 3.05) is 5.32 Å². The van der Waals surface area contributed by atoms with Crippen LogP contribution in [0.2, 0.25) is 0 Å². The number of benzene rings is 3. The molecule has 3 rings (SSSR count). The second kappa shape index (κ2) is 11.1. The van der Waals surface area contributed by atoms with E-state index < -0.39 is 34.9 Å². The summed E-state index contributed by atoms with van der Waals surface area (Å²) in [5.74, 6) is -2.82. The number of para-hydroxylation sites is 2. The lowest BCUT2D eigenvalue weighted by molar-refractivity contribution is -0.141. The van der Waals surface area contributed by atoms with Gasteiger partial charge in [0, 0.05) is 19.2 Å². The average Bonchev–Trinajstić information content (AvgIpc) is 2.74. The fourth-order valence-electron chi connectivity index (χ4n) is 2.62. The van der Waals surface area contributed by atoms with Gasteiger partial charge in [-0.05, 0) is 35.9 Å². The van der Waals surface area contributed by atoms with Gasteiger partial charge in [-0.3, -0.25) is 9.59 Å². The summed E-state index contributed by atoms with van der Waals surface area (Å²) in [4.78, 5) is 23.6. The number of nitrogens with one attached hydrogen (secondary N) is 1. The minimum absolute atomic E-state index is 0.135. The molecule has 1 amide bonds. The zero-order valence-electron chi connectivity index (χ0n) is 16.9. The second-order valence-corrected chi connectivity index (χ2v) is 6.38. The Kier molecular flexibility index (Phi) is 8.48. The fraction of sp³-hybridized carbons (Fsp3) is 0.130. The number of amides is 1. The monoisotopic (exact) mass is 448 g/mol. The van der Waals surface area contributed by atoms with E-state index >= 15 is 0 Å². The molecule has 0 aliphatic heterocycles. The quantitative estimate of drug-likeness (QED) is 0.328. The third-order valence-electron chi connectivity index (χ3n) is 4.03. The smallest absolute Gasteiger partial charge is 0.420 e. The van der Waals surface area contributed by atoms with E-state index in [4.69, 9.17) is 5.73 Å². The highest BCUT2D eigenvalue weighted by Crippen LogP contribution is 2.38. The Hall–Kier alpha value is -3.72. The molecular weight excluding hydrogens is 428 g/mol. The number of anilines is 1. The first kappa shape index (κ1) is 24.5. The van der Waals surface area contributed by atoms with Gasteiger partial charge in [-0.1, -0.05) is 42.5 Å². The Bertz CT molecular complexity index is 1070. The molecule has 3 N–H and O–H groups in total. The van der Waals surface area contributed by atoms with Gasteiger partial charge in [-0.2, -0.15) is 13.2 Å². The molecule has 0 radical (unpaired) electrons. The summed E-state index contributed by atoms with van der Waals surface area (Å²) < 4.78 is 56.0. The molecule has 5 nitrogen and oxygen atoms in total. The van der Waals surface area contributed by atoms with Crippen LogP contribution in [0.5, 0.6) is 5.75 Å². The van der Waals surface area contributed by atoms with Gasteiger partial charge in [-0.25, -0.2) is 4.39 Å². The lowest BCUT2D eigenvalue weighted by Gasteiger charge is -2.16. The molecule has 0 bridgehead atoms. The lowest BCUT2D eigenvalue weighted by atomic mass is 10.1. The van der Waals surface area contributed by atoms with Crippen molar-refractivity contribution in [3.8, 4) is 5.75 Å². The zero-order chi connectivity index (χ0) is 23.7. The summed E-state index contributed by atoms with van der Waals surface area (Å²) in [6.45, 7) is 1.09. The van der Waals surface area contributed by atoms with Crippen molar-refractivity contribution in [2.24, 2.45) is 5.73 Å². The molecule has 32 heavy (non-hydrogen) atoms. The molecule has 0 spiro atoms. The summed E-state index contributed by atoms with van der Waals surface area (Å²) in [6, 6.07) is 17.5. The first-order valence-electron chi connectivity index (χ1n) is 9.32. The fourth-order valence-corrected chi connectivity index (χ4v) is 2.62. The number of hydrogen-bond acceptors (Lipinski definition) is 4. The molecule has 0 aliphatic carbocycles. The van der Waals surface area contributed by atoms with E-state index in [1.807, 2.05) is 0 Å². The summed E-state index contributed by atoms with van der Waals surface area (Å²) in [5.41, 5.74) is 4.93. The van der Waals surface area contributed by atoms with Gasteiger partial charge in [0.05, 0.1) is 11.1 Å². The van der Waals surface area contributed by atoms with Gasteiger partial charge in [0.25, 0.3) is 5.91 Å². The van der Waals surface area contributed by atoms with Crippen LogP contribution >= 0.6 is 0 Å². The van der Waals surface area contributed by atoms with Crippen molar-refractivity contribution in [2.45, 2.75) is 19.6 Å². The standard InChI is InChI=1S/C17H15F3N2O3.C6H5F/c1-10(23)25-15-12(6-4-7-13(15)17(18,19)20)16(24)22-14-8-3-2-5-11(14)9-21;7-6-4-2-1-3-5-6/h2-8H,9,21H2,1H3,(H,22,24);1-5H. The Morgan fingerprint density at radius 3 is 2.09 bits per heavy atom. The molecule has 0 saturated carbocycles. The average molecular weight is 448 g/mol. The molecule has 0 unspecified atom stereocenters. The second-order valence-electron chi connectivity index (χ2n) is 6.38. The van der Waals surface area contributed by atoms with Crippen LogP contribution in [0.3, 0.4) is 0 Å². The van der Waals surface area contributed by atoms with Crippen LogP contribution in [-0.2, 0) is 17.5 Å². The zero-order valence-corrected chi connectivity index (χ0v) is 16.9. The molecule has 0 fully saturated rings. The number of halogens is 4. The van der Waals surface area contributed by atoms with E-state index in [2.05, 4.69) is 10.1 Å². The number of hydrogen-bond donors (Lipinski definition) is 2. The largest absolute Gasteiger partial charge is 0.425 e. The SMILES string of the molecule is CC(=O)Oc1c(C(=O)Nc2ccccc2CN)cccc1C(F)(F)F.Fc1ccccc1. The highest BCUT2D eigenvalue weighted by molar-refractivity contribution is 6.07. The van der Waals surface area contributed by atoms with Gasteiger partial charge in [0.2, 0.25) is 0 Å². The Labute approximate surface area is 181 Å². The van der Waals surface area contributed by atoms with Crippen molar-refractivity contribution < 1.29 is 31.9 Å². The van der Waals surface area contributed by atoms with E-state index in [-0.39, 0.29) is 12.4 Å². The maximum atomic E-state index is 13.1. The number of carbonyl (C=O) groups is 2. The third kappa shape index (κ3) is 6.92. The van der Waals surface area contributed by atoms with Crippen LogP contribution in [-0.4, -0.2) is 11.9 Å². The highest BCUT2D eigenvalue weighted by Gasteiger charge is 2.37. The summed E-state index contributed by atoms with van der Waals surface area (Å²) >= 11 is 0. The van der Waals surface area contributed by atoms with Gasteiger partial charge >= 0.3 is 12.1 Å². The number of alkyl halides is 3. The Balaban J connectivity index is 0.000000439. The molecule has 0 aromatic heterocycles. The molecule has 0 aliphatic rings. The van der Waals surface area contributed by atoms with E-state index in [0.29, 0.717) is 11.3 Å². The van der Waals surface area contributed by atoms with Crippen molar-refractivity contribution in [3.63, 3.8) is 0 Å². The molecular formula is C23H20F4N2O3. The Morgan fingerprint density at radius 2 is 1.56 bits per heavy atom. The molecule has 0 atom stereocenters. The Morgan fingerprint density at radius 1 is 0.938 bits per heavy atom. The number of ether oxygens (including phenoxy) is 1. The minimum atomic E-state index is -4.78. The van der Waals surface area contributed by atoms with Gasteiger partial charge < -0.3 is 15.8 Å². The molecule has 3 aromatic rings. The predicted molar refractivity (Wildman–Crippen MR) is 111 cm³/mol. The molecule has 0 heterocycles. The van der Waals surface area contributed by atoms with E-state index in [1.54, 1.807) is 42.5 Å². The molecule has 3 aromatic carbocycles. The van der Waals surface area contributed by atoms with E-state index in [0.717, 1.165) is 25.1 Å². The first-order valence-corrected chi connectivity index (χ1v) is 9.32. The summed E-state index contributed by atoms with van der Waals surface area (Å²) in [5, 5.41) is 2.49. The number of carbonyl (C=O) groups excluding carboxylic acids is 2. The predicted octanol–water partition coefficient (Wildman–Crippen LogP) is 5.17. The molecule has 168 valence electrons. The van der Waals surface area contributed by atoms with E-state index in [1.165, 1.54) is 12.1 Å². The van der Waals surface area contributed by atoms with Gasteiger partial charge in [-0.15, -0.1) is 0 Å². The van der Waals surface area contributed by atoms with Gasteiger partial charge in [0.1, 0.15) is 5.82 Å². The normalized spacial score (nSPS) is 10.6. The van der Waals surface area contributed by atoms with Crippen LogP contribution in [0.25, 0.3) is 0 Å². The van der Waals surface area contributed by atoms with Crippen molar-refractivity contribution in [1.29, 1.82) is 0 Å². The summed E-state index contributed by atoms with van der Waals surface area (Å²) in [7, 11) is 0.